The van der Waals surface area contributed by atoms with E-state index in [0.717, 1.165) is 115 Å². The zero-order chi connectivity index (χ0) is 64.0. The Morgan fingerprint density at radius 1 is 0.615 bits per heavy atom. The SMILES string of the molecule is C.C.C.ClC(Cn1ncc2c(Nc3cccc(Br)c3)nc(SCCN3CCOCC3)nc21)c1ccccc1.Nc1ncnc2c1c(-c1ccc(F)cc1)nn2CC(Cl)c1ccccc1.Oc1cccc(Nc2nc(SC3CCCC3)nc3c2cnn3CC(Cl)c2ccccc2)c1. The average Bonchev–Trinajstić information content (AvgIpc) is 1.63. The van der Waals surface area contributed by atoms with Crippen molar-refractivity contribution in [1.29, 1.82) is 0 Å². The predicted molar refractivity (Wildman–Crippen MR) is 396 cm³/mol. The van der Waals surface area contributed by atoms with Gasteiger partial charge in [0.2, 0.25) is 0 Å². The van der Waals surface area contributed by atoms with Crippen molar-refractivity contribution in [3.05, 3.63) is 209 Å². The normalized spacial score (nSPS) is 14.1. The lowest BCUT2D eigenvalue weighted by Crippen LogP contribution is -2.37. The molecule has 2 aliphatic rings. The number of nitrogens with two attached hydrogens (primary N) is 1. The molecule has 1 saturated carbocycles. The van der Waals surface area contributed by atoms with Crippen LogP contribution in [0.5, 0.6) is 5.75 Å². The van der Waals surface area contributed by atoms with Crippen LogP contribution in [0.3, 0.4) is 0 Å². The van der Waals surface area contributed by atoms with Crippen LogP contribution in [0.4, 0.5) is 33.2 Å². The summed E-state index contributed by atoms with van der Waals surface area (Å²) in [6.07, 6.45) is 9.90. The van der Waals surface area contributed by atoms with Crippen molar-refractivity contribution in [2.45, 2.75) is 99.3 Å². The maximum absolute atomic E-state index is 13.3. The lowest BCUT2D eigenvalue weighted by atomic mass is 10.1. The van der Waals surface area contributed by atoms with Gasteiger partial charge in [0.25, 0.3) is 0 Å². The summed E-state index contributed by atoms with van der Waals surface area (Å²) in [7, 11) is 0. The smallest absolute Gasteiger partial charge is 0.191 e. The van der Waals surface area contributed by atoms with Gasteiger partial charge in [-0.15, -0.1) is 34.8 Å². The molecule has 500 valence electrons. The first-order valence-electron chi connectivity index (χ1n) is 30.4. The van der Waals surface area contributed by atoms with Gasteiger partial charge < -0.3 is 26.2 Å². The number of ether oxygens (including phenoxy) is 1. The Balaban J connectivity index is 0.000000168. The molecular formula is C71H77BrCl3FN16O2S2. The lowest BCUT2D eigenvalue weighted by Gasteiger charge is -2.26. The number of benzene rings is 6. The zero-order valence-electron chi connectivity index (χ0n) is 50.3. The molecule has 7 heterocycles. The second kappa shape index (κ2) is 34.8. The molecule has 18 nitrogen and oxygen atoms in total. The third-order valence-electron chi connectivity index (χ3n) is 15.6. The molecule has 1 aliphatic heterocycles. The van der Waals surface area contributed by atoms with Gasteiger partial charge in [-0.1, -0.05) is 178 Å². The van der Waals surface area contributed by atoms with Crippen LogP contribution in [0.1, 0.15) is 80.8 Å². The predicted octanol–water partition coefficient (Wildman–Crippen LogP) is 18.1. The van der Waals surface area contributed by atoms with Crippen molar-refractivity contribution >= 4 is 136 Å². The monoisotopic (exact) mass is 1450 g/mol. The molecule has 0 spiro atoms. The first kappa shape index (κ1) is 72.3. The molecular weight excluding hydrogens is 1380 g/mol. The van der Waals surface area contributed by atoms with Gasteiger partial charge >= 0.3 is 0 Å². The Bertz CT molecular complexity index is 4420. The fourth-order valence-corrected chi connectivity index (χ4v) is 14.1. The molecule has 0 radical (unpaired) electrons. The number of thioether (sulfide) groups is 2. The molecule has 3 unspecified atom stereocenters. The van der Waals surface area contributed by atoms with Crippen LogP contribution in [0.25, 0.3) is 44.4 Å². The molecule has 1 aliphatic carbocycles. The Kier molecular flexibility index (Phi) is 26.3. The summed E-state index contributed by atoms with van der Waals surface area (Å²) in [6.45, 7) is 5.95. The van der Waals surface area contributed by atoms with Crippen LogP contribution in [-0.2, 0) is 24.4 Å². The van der Waals surface area contributed by atoms with Crippen molar-refractivity contribution in [2.24, 2.45) is 0 Å². The van der Waals surface area contributed by atoms with Gasteiger partial charge in [0, 0.05) is 58.1 Å². The maximum atomic E-state index is 13.3. The van der Waals surface area contributed by atoms with Crippen LogP contribution in [0, 0.1) is 5.82 Å². The Morgan fingerprint density at radius 2 is 1.14 bits per heavy atom. The number of nitrogens with zero attached hydrogens (tertiary/aromatic N) is 13. The van der Waals surface area contributed by atoms with Gasteiger partial charge in [0.15, 0.2) is 27.3 Å². The quantitative estimate of drug-likeness (QED) is 0.0317. The van der Waals surface area contributed by atoms with E-state index >= 15 is 0 Å². The van der Waals surface area contributed by atoms with Gasteiger partial charge in [0.1, 0.15) is 41.0 Å². The molecule has 1 saturated heterocycles. The van der Waals surface area contributed by atoms with Crippen LogP contribution < -0.4 is 16.4 Å². The highest BCUT2D eigenvalue weighted by atomic mass is 79.9. The molecule has 5 N–H and O–H groups in total. The van der Waals surface area contributed by atoms with Crippen molar-refractivity contribution < 1.29 is 14.2 Å². The van der Waals surface area contributed by atoms with Crippen molar-refractivity contribution in [3.8, 4) is 17.0 Å². The summed E-state index contributed by atoms with van der Waals surface area (Å²) in [6, 6.07) is 50.9. The number of aromatic nitrogens is 12. The number of aromatic hydroxyl groups is 1. The number of fused-ring (bicyclic) bond motifs is 3. The molecule has 6 aromatic carbocycles. The van der Waals surface area contributed by atoms with E-state index in [4.69, 9.17) is 65.2 Å². The lowest BCUT2D eigenvalue weighted by molar-refractivity contribution is 0.0410. The minimum Gasteiger partial charge on any atom is -0.508 e. The van der Waals surface area contributed by atoms with E-state index < -0.39 is 0 Å². The number of hydrogen-bond acceptors (Lipinski definition) is 17. The van der Waals surface area contributed by atoms with Gasteiger partial charge in [-0.25, -0.2) is 48.3 Å². The number of morpholine rings is 1. The van der Waals surface area contributed by atoms with E-state index in [2.05, 4.69) is 56.7 Å². The van der Waals surface area contributed by atoms with Crippen LogP contribution in [0.2, 0.25) is 0 Å². The van der Waals surface area contributed by atoms with E-state index in [9.17, 15) is 9.50 Å². The van der Waals surface area contributed by atoms with Crippen LogP contribution >= 0.6 is 74.3 Å². The Labute approximate surface area is 591 Å². The molecule has 6 aromatic heterocycles. The van der Waals surface area contributed by atoms with Gasteiger partial charge in [-0.3, -0.25) is 4.90 Å². The second-order valence-corrected chi connectivity index (χ2v) is 26.9. The number of hydrogen-bond donors (Lipinski definition) is 4. The first-order chi connectivity index (χ1) is 45.4. The first-order valence-corrected chi connectivity index (χ1v) is 34.4. The van der Waals surface area contributed by atoms with E-state index in [1.54, 1.807) is 64.7 Å². The van der Waals surface area contributed by atoms with Gasteiger partial charge in [-0.05, 0) is 84.1 Å². The number of phenolic OH excluding ortho intramolecular Hbond substituents is 1. The topological polar surface area (TPSA) is 214 Å². The molecule has 0 amide bonds. The standard InChI is InChI=1S/C25H26BrClN6OS.C24H24ClN5OS.C19H15ClFN5.3CH4/c26-19-7-4-8-20(15-19)29-23-21-16-28-33(17-22(27)18-5-2-1-3-6-18)24(21)31-25(30-23)35-14-11-32-9-12-34-13-10-32;25-21(16-7-2-1-3-8-16)15-30-23-20(14-26-30)22(27-17-9-6-10-18(31)13-17)28-24(29-23)32-19-11-4-5-12-19;20-15(12-4-2-1-3-5-12)10-26-19-16(18(22)23-11-24-19)17(25-26)13-6-8-14(21)9-7-13;;;/h1-8,15-16,22H,9-14,17H2,(H,29,30,31);1-3,6-10,13-14,19,21,31H,4-5,11-12,15H2,(H,27,28,29);1-9,11,15H,10H2,(H2,22,23,24);3*1H4. The third-order valence-corrected chi connectivity index (χ3v) is 19.3. The van der Waals surface area contributed by atoms with Crippen molar-refractivity contribution in [3.63, 3.8) is 0 Å². The van der Waals surface area contributed by atoms with E-state index in [0.29, 0.717) is 53.2 Å². The highest BCUT2D eigenvalue weighted by Crippen LogP contribution is 2.38. The third kappa shape index (κ3) is 18.6. The van der Waals surface area contributed by atoms with Gasteiger partial charge in [-0.2, -0.15) is 15.3 Å². The average molecular weight is 1460 g/mol. The minimum absolute atomic E-state index is 0. The molecule has 0 bridgehead atoms. The van der Waals surface area contributed by atoms with E-state index in [1.165, 1.54) is 44.1 Å². The van der Waals surface area contributed by atoms with Crippen molar-refractivity contribution in [2.75, 3.05) is 55.0 Å². The summed E-state index contributed by atoms with van der Waals surface area (Å²) in [5.74, 6) is 2.53. The van der Waals surface area contributed by atoms with E-state index in [-0.39, 0.29) is 50.0 Å². The Morgan fingerprint density at radius 3 is 1.69 bits per heavy atom. The number of nitrogens with one attached hydrogen (secondary N) is 2. The summed E-state index contributed by atoms with van der Waals surface area (Å²) in [5, 5.41) is 34.1. The number of alkyl halides is 3. The summed E-state index contributed by atoms with van der Waals surface area (Å²) >= 11 is 27.0. The Hall–Kier alpha value is -7.93. The number of halogens is 5. The van der Waals surface area contributed by atoms with Crippen LogP contribution in [-0.4, -0.2) is 113 Å². The zero-order valence-corrected chi connectivity index (χ0v) is 55.8. The van der Waals surface area contributed by atoms with E-state index in [1.807, 2.05) is 137 Å². The molecule has 12 aromatic rings. The molecule has 2 fully saturated rings. The van der Waals surface area contributed by atoms with Gasteiger partial charge in [0.05, 0.1) is 77.5 Å². The number of anilines is 5. The number of rotatable bonds is 20. The fourth-order valence-electron chi connectivity index (χ4n) is 10.8. The summed E-state index contributed by atoms with van der Waals surface area (Å²) in [4.78, 5) is 30.2. The summed E-state index contributed by atoms with van der Waals surface area (Å²) in [5.41, 5.74) is 14.3. The number of phenols is 1. The fraction of sp³-hybridized carbons (Fsp3) is 0.282. The number of nitrogen functional groups attached to an aromatic ring is 1. The highest BCUT2D eigenvalue weighted by molar-refractivity contribution is 9.10. The largest absolute Gasteiger partial charge is 0.508 e. The second-order valence-electron chi connectivity index (χ2n) is 22.1. The maximum Gasteiger partial charge on any atom is 0.191 e. The molecule has 25 heteroatoms. The highest BCUT2D eigenvalue weighted by Gasteiger charge is 2.24. The van der Waals surface area contributed by atoms with Crippen LogP contribution in [0.15, 0.2) is 197 Å². The molecule has 3 atom stereocenters. The summed E-state index contributed by atoms with van der Waals surface area (Å²) < 4.78 is 25.2. The minimum atomic E-state index is -0.313. The molecule has 14 rings (SSSR count). The van der Waals surface area contributed by atoms with Crippen molar-refractivity contribution in [1.82, 2.24) is 64.1 Å². The molecule has 96 heavy (non-hydrogen) atoms.